The maximum absolute atomic E-state index is 12.1. The van der Waals surface area contributed by atoms with Crippen LogP contribution in [0.25, 0.3) is 0 Å². The number of likely N-dealkylation sites (tertiary alicyclic amines) is 1. The quantitative estimate of drug-likeness (QED) is 0.928. The number of thiazole rings is 1. The number of carbonyl (C=O) groups is 1. The second kappa shape index (κ2) is 4.95. The number of amides is 1. The summed E-state index contributed by atoms with van der Waals surface area (Å²) in [7, 11) is 0. The number of halogens is 3. The number of alkyl halides is 3. The van der Waals surface area contributed by atoms with Crippen molar-refractivity contribution < 1.29 is 18.0 Å². The molecule has 1 saturated carbocycles. The summed E-state index contributed by atoms with van der Waals surface area (Å²) in [5.74, 6) is -1.82. The molecular weight excluding hydrogens is 303 g/mol. The maximum Gasteiger partial charge on any atom is 0.471 e. The fourth-order valence-corrected chi connectivity index (χ4v) is 4.12. The number of rotatable bonds is 3. The van der Waals surface area contributed by atoms with E-state index in [1.54, 1.807) is 11.3 Å². The Hall–Kier alpha value is -1.15. The van der Waals surface area contributed by atoms with Gasteiger partial charge in [0.2, 0.25) is 0 Å². The lowest BCUT2D eigenvalue weighted by molar-refractivity contribution is -0.177. The van der Waals surface area contributed by atoms with Gasteiger partial charge in [0.05, 0.1) is 6.54 Å². The molecule has 1 aliphatic carbocycles. The number of nitrogens with one attached hydrogen (secondary N) is 1. The topological polar surface area (TPSA) is 45.2 Å². The molecule has 2 fully saturated rings. The minimum absolute atomic E-state index is 0.107. The van der Waals surface area contributed by atoms with E-state index in [0.717, 1.165) is 24.6 Å². The van der Waals surface area contributed by atoms with Crippen LogP contribution in [0.1, 0.15) is 22.7 Å². The fraction of sp³-hybridized carbons (Fsp3) is 0.692. The van der Waals surface area contributed by atoms with E-state index in [9.17, 15) is 18.0 Å². The van der Waals surface area contributed by atoms with Crippen LogP contribution in [0.2, 0.25) is 0 Å². The van der Waals surface area contributed by atoms with Gasteiger partial charge in [-0.05, 0) is 25.2 Å². The van der Waals surface area contributed by atoms with Crippen LogP contribution in [0.15, 0.2) is 6.20 Å². The minimum Gasteiger partial charge on any atom is -0.346 e. The molecule has 0 atom stereocenters. The molecule has 1 saturated heterocycles. The first-order valence-corrected chi connectivity index (χ1v) is 7.59. The molecule has 1 spiro atoms. The largest absolute Gasteiger partial charge is 0.471 e. The molecule has 0 aromatic carbocycles. The molecule has 3 rings (SSSR count). The van der Waals surface area contributed by atoms with Gasteiger partial charge in [-0.1, -0.05) is 0 Å². The molecule has 2 aliphatic rings. The van der Waals surface area contributed by atoms with Gasteiger partial charge in [-0.2, -0.15) is 13.2 Å². The van der Waals surface area contributed by atoms with Crippen molar-refractivity contribution in [1.82, 2.24) is 15.2 Å². The van der Waals surface area contributed by atoms with E-state index in [0.29, 0.717) is 12.8 Å². The molecular formula is C13H16F3N3OS. The summed E-state index contributed by atoms with van der Waals surface area (Å²) in [6, 6.07) is -0.330. The Morgan fingerprint density at radius 3 is 2.71 bits per heavy atom. The third-order valence-electron chi connectivity index (χ3n) is 4.10. The van der Waals surface area contributed by atoms with E-state index in [4.69, 9.17) is 0 Å². The zero-order valence-electron chi connectivity index (χ0n) is 11.5. The van der Waals surface area contributed by atoms with Crippen LogP contribution in [0.3, 0.4) is 0 Å². The van der Waals surface area contributed by atoms with E-state index < -0.39 is 12.1 Å². The van der Waals surface area contributed by atoms with Gasteiger partial charge in [-0.15, -0.1) is 11.3 Å². The van der Waals surface area contributed by atoms with Gasteiger partial charge >= 0.3 is 12.1 Å². The van der Waals surface area contributed by atoms with Crippen molar-refractivity contribution in [3.8, 4) is 0 Å². The maximum atomic E-state index is 12.1. The summed E-state index contributed by atoms with van der Waals surface area (Å²) in [5, 5.41) is 3.13. The van der Waals surface area contributed by atoms with Gasteiger partial charge in [-0.3, -0.25) is 9.69 Å². The van der Waals surface area contributed by atoms with Gasteiger partial charge in [0.1, 0.15) is 5.01 Å². The van der Waals surface area contributed by atoms with Gasteiger partial charge in [0.25, 0.3) is 0 Å². The molecule has 116 valence electrons. The van der Waals surface area contributed by atoms with Crippen LogP contribution < -0.4 is 5.32 Å². The Kier molecular flexibility index (Phi) is 3.48. The van der Waals surface area contributed by atoms with Crippen molar-refractivity contribution in [3.63, 3.8) is 0 Å². The normalized spacial score (nSPS) is 21.9. The van der Waals surface area contributed by atoms with Crippen molar-refractivity contribution in [1.29, 1.82) is 0 Å². The average molecular weight is 319 g/mol. The Balaban J connectivity index is 1.41. The molecule has 0 bridgehead atoms. The minimum atomic E-state index is -4.78. The average Bonchev–Trinajstić information content (AvgIpc) is 2.67. The van der Waals surface area contributed by atoms with Gasteiger partial charge in [0.15, 0.2) is 0 Å². The van der Waals surface area contributed by atoms with Gasteiger partial charge < -0.3 is 5.32 Å². The van der Waals surface area contributed by atoms with Crippen LogP contribution in [-0.4, -0.2) is 41.1 Å². The zero-order valence-corrected chi connectivity index (χ0v) is 12.4. The molecule has 0 unspecified atom stereocenters. The lowest BCUT2D eigenvalue weighted by Crippen LogP contribution is -2.66. The van der Waals surface area contributed by atoms with Crippen molar-refractivity contribution in [2.45, 2.75) is 38.5 Å². The first-order chi connectivity index (χ1) is 9.76. The standard InChI is InChI=1S/C13H16F3N3OS/c1-8-4-17-10(21-8)5-19-6-12(7-19)2-9(3-12)18-11(20)13(14,15)16/h4,9H,2-3,5-7H2,1H3,(H,18,20). The SMILES string of the molecule is Cc1cnc(CN2CC3(CC(NC(=O)C(F)(F)F)C3)C2)s1. The van der Waals surface area contributed by atoms with Crippen LogP contribution in [0, 0.1) is 12.3 Å². The summed E-state index contributed by atoms with van der Waals surface area (Å²) in [4.78, 5) is 18.6. The number of nitrogens with zero attached hydrogens (tertiary/aromatic N) is 2. The highest BCUT2D eigenvalue weighted by atomic mass is 32.1. The van der Waals surface area contributed by atoms with E-state index in [2.05, 4.69) is 15.2 Å². The Morgan fingerprint density at radius 2 is 2.19 bits per heavy atom. The highest BCUT2D eigenvalue weighted by Crippen LogP contribution is 2.48. The number of carbonyl (C=O) groups excluding carboxylic acids is 1. The Labute approximate surface area is 124 Å². The molecule has 1 aromatic rings. The monoisotopic (exact) mass is 319 g/mol. The van der Waals surface area contributed by atoms with E-state index in [-0.39, 0.29) is 11.5 Å². The molecule has 1 N–H and O–H groups in total. The number of aryl methyl sites for hydroxylation is 1. The molecule has 1 aromatic heterocycles. The number of hydrogen-bond donors (Lipinski definition) is 1. The molecule has 21 heavy (non-hydrogen) atoms. The van der Waals surface area contributed by atoms with Crippen molar-refractivity contribution in [3.05, 3.63) is 16.1 Å². The first kappa shape index (κ1) is 14.8. The van der Waals surface area contributed by atoms with Crippen molar-refractivity contribution in [2.75, 3.05) is 13.1 Å². The van der Waals surface area contributed by atoms with Crippen LogP contribution in [-0.2, 0) is 11.3 Å². The molecule has 1 aliphatic heterocycles. The zero-order chi connectivity index (χ0) is 15.3. The van der Waals surface area contributed by atoms with Crippen molar-refractivity contribution >= 4 is 17.2 Å². The van der Waals surface area contributed by atoms with E-state index in [1.807, 2.05) is 13.1 Å². The van der Waals surface area contributed by atoms with Crippen LogP contribution in [0.5, 0.6) is 0 Å². The Morgan fingerprint density at radius 1 is 1.52 bits per heavy atom. The molecule has 8 heteroatoms. The first-order valence-electron chi connectivity index (χ1n) is 6.77. The van der Waals surface area contributed by atoms with Crippen LogP contribution in [0.4, 0.5) is 13.2 Å². The summed E-state index contributed by atoms with van der Waals surface area (Å²) in [6.07, 6.45) is -1.65. The lowest BCUT2D eigenvalue weighted by atomic mass is 9.60. The van der Waals surface area contributed by atoms with Crippen molar-refractivity contribution in [2.24, 2.45) is 5.41 Å². The predicted octanol–water partition coefficient (Wildman–Crippen LogP) is 2.09. The molecule has 0 radical (unpaired) electrons. The summed E-state index contributed by atoms with van der Waals surface area (Å²) < 4.78 is 36.4. The summed E-state index contributed by atoms with van der Waals surface area (Å²) >= 11 is 1.67. The molecule has 4 nitrogen and oxygen atoms in total. The van der Waals surface area contributed by atoms with Crippen LogP contribution >= 0.6 is 11.3 Å². The lowest BCUT2D eigenvalue weighted by Gasteiger charge is -2.59. The second-order valence-electron chi connectivity index (χ2n) is 6.09. The smallest absolute Gasteiger partial charge is 0.346 e. The van der Waals surface area contributed by atoms with E-state index >= 15 is 0 Å². The highest BCUT2D eigenvalue weighted by Gasteiger charge is 2.53. The molecule has 2 heterocycles. The summed E-state index contributed by atoms with van der Waals surface area (Å²) in [5.41, 5.74) is 0.107. The van der Waals surface area contributed by atoms with Gasteiger partial charge in [-0.25, -0.2) is 4.98 Å². The highest BCUT2D eigenvalue weighted by molar-refractivity contribution is 7.11. The summed E-state index contributed by atoms with van der Waals surface area (Å²) in [6.45, 7) is 4.58. The third-order valence-corrected chi connectivity index (χ3v) is 5.00. The van der Waals surface area contributed by atoms with E-state index in [1.165, 1.54) is 4.88 Å². The fourth-order valence-electron chi connectivity index (χ4n) is 3.29. The second-order valence-corrected chi connectivity index (χ2v) is 7.41. The predicted molar refractivity (Wildman–Crippen MR) is 71.8 cm³/mol. The number of aromatic nitrogens is 1. The molecule has 1 amide bonds. The van der Waals surface area contributed by atoms with Gasteiger partial charge in [0, 0.05) is 30.2 Å². The number of hydrogen-bond acceptors (Lipinski definition) is 4. The third kappa shape index (κ3) is 3.06. The Bertz CT molecular complexity index is 543.